The first-order valence-electron chi connectivity index (χ1n) is 6.43. The predicted molar refractivity (Wildman–Crippen MR) is 72.8 cm³/mol. The van der Waals surface area contributed by atoms with Crippen molar-refractivity contribution in [3.05, 3.63) is 34.3 Å². The van der Waals surface area contributed by atoms with E-state index in [1.54, 1.807) is 0 Å². The SMILES string of the molecule is Cc1c(Cl)cccc1C(CC1CCCC1)NN. The van der Waals surface area contributed by atoms with Gasteiger partial charge in [-0.3, -0.25) is 11.3 Å². The Labute approximate surface area is 109 Å². The molecule has 2 nitrogen and oxygen atoms in total. The Kier molecular flexibility index (Phi) is 4.43. The monoisotopic (exact) mass is 252 g/mol. The summed E-state index contributed by atoms with van der Waals surface area (Å²) in [4.78, 5) is 0. The van der Waals surface area contributed by atoms with Crippen LogP contribution in [0.25, 0.3) is 0 Å². The summed E-state index contributed by atoms with van der Waals surface area (Å²) in [6.07, 6.45) is 6.56. The van der Waals surface area contributed by atoms with Gasteiger partial charge in [0, 0.05) is 11.1 Å². The van der Waals surface area contributed by atoms with E-state index in [1.165, 1.54) is 31.2 Å². The second-order valence-corrected chi connectivity index (χ2v) is 5.47. The molecule has 17 heavy (non-hydrogen) atoms. The summed E-state index contributed by atoms with van der Waals surface area (Å²) in [5.41, 5.74) is 5.35. The zero-order chi connectivity index (χ0) is 12.3. The van der Waals surface area contributed by atoms with Gasteiger partial charge in [0.25, 0.3) is 0 Å². The Bertz CT molecular complexity index is 372. The number of hydrogen-bond acceptors (Lipinski definition) is 2. The highest BCUT2D eigenvalue weighted by Gasteiger charge is 2.21. The minimum absolute atomic E-state index is 0.233. The maximum absolute atomic E-state index is 6.16. The smallest absolute Gasteiger partial charge is 0.0465 e. The first-order valence-corrected chi connectivity index (χ1v) is 6.81. The van der Waals surface area contributed by atoms with Crippen molar-refractivity contribution in [3.8, 4) is 0 Å². The average Bonchev–Trinajstić information content (AvgIpc) is 2.83. The summed E-state index contributed by atoms with van der Waals surface area (Å²) < 4.78 is 0. The molecule has 1 aliphatic carbocycles. The predicted octanol–water partition coefficient (Wildman–Crippen LogP) is 3.73. The fourth-order valence-electron chi connectivity index (χ4n) is 2.87. The van der Waals surface area contributed by atoms with Crippen LogP contribution in [-0.2, 0) is 0 Å². The highest BCUT2D eigenvalue weighted by molar-refractivity contribution is 6.31. The van der Waals surface area contributed by atoms with E-state index in [9.17, 15) is 0 Å². The molecule has 1 fully saturated rings. The van der Waals surface area contributed by atoms with E-state index in [1.807, 2.05) is 12.1 Å². The van der Waals surface area contributed by atoms with Gasteiger partial charge in [0.1, 0.15) is 0 Å². The van der Waals surface area contributed by atoms with Crippen molar-refractivity contribution in [1.82, 2.24) is 5.43 Å². The lowest BCUT2D eigenvalue weighted by Crippen LogP contribution is -2.30. The van der Waals surface area contributed by atoms with E-state index in [4.69, 9.17) is 17.4 Å². The van der Waals surface area contributed by atoms with Gasteiger partial charge in [-0.05, 0) is 36.5 Å². The second kappa shape index (κ2) is 5.85. The molecule has 0 heterocycles. The molecule has 0 saturated heterocycles. The van der Waals surface area contributed by atoms with Crippen LogP contribution in [-0.4, -0.2) is 0 Å². The lowest BCUT2D eigenvalue weighted by molar-refractivity contribution is 0.399. The minimum Gasteiger partial charge on any atom is -0.271 e. The number of benzene rings is 1. The number of nitrogens with two attached hydrogens (primary N) is 1. The third-order valence-electron chi connectivity index (χ3n) is 3.93. The third-order valence-corrected chi connectivity index (χ3v) is 4.34. The summed E-state index contributed by atoms with van der Waals surface area (Å²) in [7, 11) is 0. The highest BCUT2D eigenvalue weighted by Crippen LogP contribution is 2.34. The number of hydrogen-bond donors (Lipinski definition) is 2. The zero-order valence-corrected chi connectivity index (χ0v) is 11.1. The van der Waals surface area contributed by atoms with Gasteiger partial charge in [-0.15, -0.1) is 0 Å². The Morgan fingerprint density at radius 2 is 2.12 bits per heavy atom. The molecule has 0 spiro atoms. The number of hydrazine groups is 1. The normalized spacial score (nSPS) is 18.5. The largest absolute Gasteiger partial charge is 0.271 e. The van der Waals surface area contributed by atoms with Crippen molar-refractivity contribution in [2.75, 3.05) is 0 Å². The molecule has 1 aliphatic rings. The molecule has 94 valence electrons. The molecule has 1 atom stereocenters. The van der Waals surface area contributed by atoms with Gasteiger partial charge in [0.15, 0.2) is 0 Å². The lowest BCUT2D eigenvalue weighted by atomic mass is 9.92. The van der Waals surface area contributed by atoms with Crippen LogP contribution in [0.1, 0.15) is 49.3 Å². The molecule has 2 rings (SSSR count). The Morgan fingerprint density at radius 1 is 1.41 bits per heavy atom. The van der Waals surface area contributed by atoms with Crippen LogP contribution in [0.5, 0.6) is 0 Å². The molecule has 0 radical (unpaired) electrons. The van der Waals surface area contributed by atoms with Crippen molar-refractivity contribution < 1.29 is 0 Å². The van der Waals surface area contributed by atoms with Crippen LogP contribution < -0.4 is 11.3 Å². The lowest BCUT2D eigenvalue weighted by Gasteiger charge is -2.22. The standard InChI is InChI=1S/C14H21ClN2/c1-10-12(7-4-8-13(10)15)14(17-16)9-11-5-2-3-6-11/h4,7-8,11,14,17H,2-3,5-6,9,16H2,1H3. The van der Waals surface area contributed by atoms with Gasteiger partial charge in [0.2, 0.25) is 0 Å². The van der Waals surface area contributed by atoms with Gasteiger partial charge < -0.3 is 0 Å². The molecule has 0 amide bonds. The van der Waals surface area contributed by atoms with Crippen LogP contribution in [0.15, 0.2) is 18.2 Å². The first kappa shape index (κ1) is 12.9. The number of nitrogens with one attached hydrogen (secondary N) is 1. The van der Waals surface area contributed by atoms with Crippen molar-refractivity contribution >= 4 is 11.6 Å². The van der Waals surface area contributed by atoms with E-state index in [2.05, 4.69) is 18.4 Å². The quantitative estimate of drug-likeness (QED) is 0.633. The molecular weight excluding hydrogens is 232 g/mol. The summed E-state index contributed by atoms with van der Waals surface area (Å²) >= 11 is 6.16. The molecule has 3 N–H and O–H groups in total. The van der Waals surface area contributed by atoms with E-state index < -0.39 is 0 Å². The second-order valence-electron chi connectivity index (χ2n) is 5.06. The Morgan fingerprint density at radius 3 is 2.76 bits per heavy atom. The maximum Gasteiger partial charge on any atom is 0.0465 e. The van der Waals surface area contributed by atoms with Crippen LogP contribution in [0.2, 0.25) is 5.02 Å². The summed E-state index contributed by atoms with van der Waals surface area (Å²) in [6.45, 7) is 2.07. The van der Waals surface area contributed by atoms with E-state index in [0.29, 0.717) is 0 Å². The van der Waals surface area contributed by atoms with Crippen LogP contribution in [0.3, 0.4) is 0 Å². The topological polar surface area (TPSA) is 38.0 Å². The number of halogens is 1. The van der Waals surface area contributed by atoms with Gasteiger partial charge >= 0.3 is 0 Å². The van der Waals surface area contributed by atoms with Crippen molar-refractivity contribution in [3.63, 3.8) is 0 Å². The van der Waals surface area contributed by atoms with Crippen molar-refractivity contribution in [2.45, 2.75) is 45.1 Å². The summed E-state index contributed by atoms with van der Waals surface area (Å²) in [6, 6.07) is 6.30. The molecule has 1 aromatic rings. The first-order chi connectivity index (χ1) is 8.22. The molecule has 0 bridgehead atoms. The fourth-order valence-corrected chi connectivity index (χ4v) is 3.05. The summed E-state index contributed by atoms with van der Waals surface area (Å²) in [5.74, 6) is 6.52. The van der Waals surface area contributed by atoms with Gasteiger partial charge in [-0.2, -0.15) is 0 Å². The van der Waals surface area contributed by atoms with E-state index in [-0.39, 0.29) is 6.04 Å². The average molecular weight is 253 g/mol. The Hall–Kier alpha value is -0.570. The number of rotatable bonds is 4. The molecule has 3 heteroatoms. The maximum atomic E-state index is 6.16. The van der Waals surface area contributed by atoms with Crippen LogP contribution >= 0.6 is 11.6 Å². The molecule has 1 saturated carbocycles. The fraction of sp³-hybridized carbons (Fsp3) is 0.571. The molecule has 0 aliphatic heterocycles. The molecule has 1 aromatic carbocycles. The Balaban J connectivity index is 2.13. The molecular formula is C14H21ClN2. The third kappa shape index (κ3) is 3.01. The zero-order valence-electron chi connectivity index (χ0n) is 10.4. The van der Waals surface area contributed by atoms with Crippen LogP contribution in [0, 0.1) is 12.8 Å². The van der Waals surface area contributed by atoms with E-state index in [0.717, 1.165) is 22.9 Å². The molecule has 0 aromatic heterocycles. The van der Waals surface area contributed by atoms with Crippen molar-refractivity contribution in [2.24, 2.45) is 11.8 Å². The highest BCUT2D eigenvalue weighted by atomic mass is 35.5. The van der Waals surface area contributed by atoms with Gasteiger partial charge in [-0.25, -0.2) is 0 Å². The van der Waals surface area contributed by atoms with Gasteiger partial charge in [0.05, 0.1) is 0 Å². The van der Waals surface area contributed by atoms with E-state index >= 15 is 0 Å². The summed E-state index contributed by atoms with van der Waals surface area (Å²) in [5, 5.41) is 0.828. The minimum atomic E-state index is 0.233. The molecule has 1 unspecified atom stereocenters. The van der Waals surface area contributed by atoms with Crippen LogP contribution in [0.4, 0.5) is 0 Å². The van der Waals surface area contributed by atoms with Crippen molar-refractivity contribution in [1.29, 1.82) is 0 Å². The van der Waals surface area contributed by atoms with Gasteiger partial charge in [-0.1, -0.05) is 49.4 Å².